The van der Waals surface area contributed by atoms with Gasteiger partial charge in [-0.2, -0.15) is 10.2 Å². The average molecular weight is 383 g/mol. The van der Waals surface area contributed by atoms with E-state index in [-0.39, 0.29) is 18.4 Å². The van der Waals surface area contributed by atoms with E-state index >= 15 is 0 Å². The van der Waals surface area contributed by atoms with Gasteiger partial charge in [0, 0.05) is 20.6 Å². The molecular formula is C14H19BrN6O2. The first-order chi connectivity index (χ1) is 10.8. The number of carbonyl (C=O) groups is 2. The van der Waals surface area contributed by atoms with Crippen LogP contribution in [0.4, 0.5) is 5.69 Å². The topological polar surface area (TPSA) is 85.0 Å². The molecule has 2 rings (SSSR count). The normalized spacial score (nSPS) is 10.7. The van der Waals surface area contributed by atoms with Crippen LogP contribution in [0.15, 0.2) is 16.9 Å². The van der Waals surface area contributed by atoms with Crippen molar-refractivity contribution in [1.29, 1.82) is 0 Å². The van der Waals surface area contributed by atoms with Crippen molar-refractivity contribution in [2.45, 2.75) is 26.9 Å². The van der Waals surface area contributed by atoms with Crippen LogP contribution in [0.1, 0.15) is 23.1 Å². The summed E-state index contributed by atoms with van der Waals surface area (Å²) in [6, 6.07) is 0. The highest BCUT2D eigenvalue weighted by atomic mass is 79.9. The summed E-state index contributed by atoms with van der Waals surface area (Å²) in [5.41, 5.74) is 1.62. The van der Waals surface area contributed by atoms with Gasteiger partial charge in [-0.05, 0) is 29.8 Å². The predicted octanol–water partition coefficient (Wildman–Crippen LogP) is 1.51. The molecular weight excluding hydrogens is 364 g/mol. The lowest BCUT2D eigenvalue weighted by Crippen LogP contribution is -2.27. The lowest BCUT2D eigenvalue weighted by molar-refractivity contribution is -0.116. The summed E-state index contributed by atoms with van der Waals surface area (Å²) in [5.74, 6) is -0.482. The number of nitrogens with one attached hydrogen (secondary N) is 1. The van der Waals surface area contributed by atoms with Gasteiger partial charge >= 0.3 is 0 Å². The molecule has 0 radical (unpaired) electrons. The second-order valence-electron chi connectivity index (χ2n) is 5.21. The Morgan fingerprint density at radius 3 is 2.43 bits per heavy atom. The van der Waals surface area contributed by atoms with Gasteiger partial charge in [0.05, 0.1) is 28.2 Å². The highest BCUT2D eigenvalue weighted by molar-refractivity contribution is 9.10. The molecule has 9 heteroatoms. The number of carbonyl (C=O) groups excluding carboxylic acids is 2. The Bertz CT molecular complexity index is 734. The number of hydrogen-bond acceptors (Lipinski definition) is 4. The number of halogens is 1. The fourth-order valence-corrected chi connectivity index (χ4v) is 2.36. The maximum Gasteiger partial charge on any atom is 0.273 e. The maximum absolute atomic E-state index is 12.3. The first-order valence-electron chi connectivity index (χ1n) is 7.10. The molecule has 8 nitrogen and oxygen atoms in total. The number of hydrogen-bond donors (Lipinski definition) is 1. The number of nitrogens with zero attached hydrogens (tertiary/aromatic N) is 5. The van der Waals surface area contributed by atoms with Crippen LogP contribution in [-0.4, -0.2) is 50.4 Å². The van der Waals surface area contributed by atoms with E-state index in [4.69, 9.17) is 0 Å². The fourth-order valence-electron chi connectivity index (χ4n) is 2.06. The van der Waals surface area contributed by atoms with Crippen LogP contribution < -0.4 is 5.32 Å². The molecule has 0 atom stereocenters. The Hall–Kier alpha value is -2.16. The van der Waals surface area contributed by atoms with Gasteiger partial charge < -0.3 is 10.2 Å². The number of anilines is 1. The highest BCUT2D eigenvalue weighted by Gasteiger charge is 2.21. The van der Waals surface area contributed by atoms with E-state index in [2.05, 4.69) is 31.4 Å². The molecule has 0 aliphatic carbocycles. The highest BCUT2D eigenvalue weighted by Crippen LogP contribution is 2.18. The second kappa shape index (κ2) is 6.95. The summed E-state index contributed by atoms with van der Waals surface area (Å²) in [6.07, 6.45) is 3.13. The Morgan fingerprint density at radius 1 is 1.26 bits per heavy atom. The van der Waals surface area contributed by atoms with Crippen molar-refractivity contribution in [3.63, 3.8) is 0 Å². The van der Waals surface area contributed by atoms with Crippen LogP contribution in [0, 0.1) is 6.92 Å². The number of aromatic nitrogens is 4. The largest absolute Gasteiger partial charge is 0.343 e. The number of aryl methyl sites for hydroxylation is 1. The monoisotopic (exact) mass is 382 g/mol. The quantitative estimate of drug-likeness (QED) is 0.848. The van der Waals surface area contributed by atoms with Crippen LogP contribution in [0.3, 0.4) is 0 Å². The van der Waals surface area contributed by atoms with Crippen molar-refractivity contribution in [3.8, 4) is 0 Å². The minimum Gasteiger partial charge on any atom is -0.343 e. The van der Waals surface area contributed by atoms with Gasteiger partial charge in [0.1, 0.15) is 12.2 Å². The van der Waals surface area contributed by atoms with Gasteiger partial charge in [0.25, 0.3) is 5.91 Å². The SMILES string of the molecule is CCn1ncc(NC(=O)Cn2ncc(Br)c2C)c1C(=O)N(C)C. The van der Waals surface area contributed by atoms with E-state index in [1.54, 1.807) is 29.7 Å². The summed E-state index contributed by atoms with van der Waals surface area (Å²) in [6.45, 7) is 4.34. The molecule has 2 amide bonds. The Balaban J connectivity index is 2.19. The lowest BCUT2D eigenvalue weighted by atomic mass is 10.3. The van der Waals surface area contributed by atoms with Crippen molar-refractivity contribution < 1.29 is 9.59 Å². The summed E-state index contributed by atoms with van der Waals surface area (Å²) in [5, 5.41) is 11.0. The van der Waals surface area contributed by atoms with Gasteiger partial charge in [-0.15, -0.1) is 0 Å². The van der Waals surface area contributed by atoms with E-state index in [1.807, 2.05) is 13.8 Å². The third-order valence-corrected chi connectivity index (χ3v) is 4.14. The Labute approximate surface area is 142 Å². The van der Waals surface area contributed by atoms with E-state index in [1.165, 1.54) is 11.1 Å². The lowest BCUT2D eigenvalue weighted by Gasteiger charge is -2.13. The molecule has 0 bridgehead atoms. The van der Waals surface area contributed by atoms with Crippen LogP contribution in [0.25, 0.3) is 0 Å². The molecule has 0 aliphatic rings. The molecule has 0 aromatic carbocycles. The summed E-state index contributed by atoms with van der Waals surface area (Å²) in [7, 11) is 3.32. The molecule has 124 valence electrons. The van der Waals surface area contributed by atoms with Crippen LogP contribution in [-0.2, 0) is 17.9 Å². The van der Waals surface area contributed by atoms with E-state index in [0.29, 0.717) is 17.9 Å². The third-order valence-electron chi connectivity index (χ3n) is 3.36. The minimum atomic E-state index is -0.271. The molecule has 2 aromatic rings. The van der Waals surface area contributed by atoms with Crippen molar-refractivity contribution in [1.82, 2.24) is 24.5 Å². The van der Waals surface area contributed by atoms with E-state index in [9.17, 15) is 9.59 Å². The van der Waals surface area contributed by atoms with Gasteiger partial charge in [0.2, 0.25) is 5.91 Å². The first-order valence-corrected chi connectivity index (χ1v) is 7.89. The molecule has 0 saturated heterocycles. The molecule has 0 spiro atoms. The number of rotatable bonds is 5. The number of amides is 2. The zero-order valence-electron chi connectivity index (χ0n) is 13.5. The molecule has 0 fully saturated rings. The zero-order chi connectivity index (χ0) is 17.1. The molecule has 2 aromatic heterocycles. The molecule has 0 saturated carbocycles. The van der Waals surface area contributed by atoms with Crippen molar-refractivity contribution in [2.24, 2.45) is 0 Å². The zero-order valence-corrected chi connectivity index (χ0v) is 15.1. The molecule has 1 N–H and O–H groups in total. The Kier molecular flexibility index (Phi) is 5.19. The van der Waals surface area contributed by atoms with Gasteiger partial charge in [-0.1, -0.05) is 0 Å². The summed E-state index contributed by atoms with van der Waals surface area (Å²) >= 11 is 3.35. The van der Waals surface area contributed by atoms with Crippen LogP contribution in [0.5, 0.6) is 0 Å². The van der Waals surface area contributed by atoms with Gasteiger partial charge in [0.15, 0.2) is 0 Å². The van der Waals surface area contributed by atoms with Gasteiger partial charge in [-0.3, -0.25) is 19.0 Å². The summed E-state index contributed by atoms with van der Waals surface area (Å²) in [4.78, 5) is 26.0. The summed E-state index contributed by atoms with van der Waals surface area (Å²) < 4.78 is 3.98. The second-order valence-corrected chi connectivity index (χ2v) is 6.06. The fraction of sp³-hybridized carbons (Fsp3) is 0.429. The third kappa shape index (κ3) is 3.61. The maximum atomic E-state index is 12.3. The van der Waals surface area contributed by atoms with Crippen LogP contribution in [0.2, 0.25) is 0 Å². The smallest absolute Gasteiger partial charge is 0.273 e. The molecule has 2 heterocycles. The standard InChI is InChI=1S/C14H19BrN6O2/c1-5-20-13(14(23)19(3)4)11(7-17-20)18-12(22)8-21-9(2)10(15)6-16-21/h6-7H,5,8H2,1-4H3,(H,18,22). The minimum absolute atomic E-state index is 0.0599. The molecule has 23 heavy (non-hydrogen) atoms. The predicted molar refractivity (Wildman–Crippen MR) is 89.2 cm³/mol. The van der Waals surface area contributed by atoms with Crippen molar-refractivity contribution >= 4 is 33.4 Å². The van der Waals surface area contributed by atoms with E-state index < -0.39 is 0 Å². The van der Waals surface area contributed by atoms with Crippen molar-refractivity contribution in [3.05, 3.63) is 28.3 Å². The van der Waals surface area contributed by atoms with Gasteiger partial charge in [-0.25, -0.2) is 0 Å². The first kappa shape index (κ1) is 17.2. The Morgan fingerprint density at radius 2 is 1.91 bits per heavy atom. The van der Waals surface area contributed by atoms with E-state index in [0.717, 1.165) is 10.2 Å². The average Bonchev–Trinajstić information content (AvgIpc) is 3.04. The van der Waals surface area contributed by atoms with Crippen molar-refractivity contribution in [2.75, 3.05) is 19.4 Å². The molecule has 0 aliphatic heterocycles. The van der Waals surface area contributed by atoms with Crippen LogP contribution >= 0.6 is 15.9 Å². The molecule has 0 unspecified atom stereocenters.